The third-order valence-electron chi connectivity index (χ3n) is 2.32. The SMILES string of the molecule is CON(C)CC(=O)Nc1ccc(N)c(C(F)(F)F)c1. The molecule has 1 aromatic carbocycles. The highest BCUT2D eigenvalue weighted by Crippen LogP contribution is 2.35. The molecule has 0 unspecified atom stereocenters. The normalized spacial score (nSPS) is 11.7. The van der Waals surface area contributed by atoms with E-state index in [1.54, 1.807) is 0 Å². The number of carbonyl (C=O) groups is 1. The van der Waals surface area contributed by atoms with Gasteiger partial charge in [-0.1, -0.05) is 0 Å². The Bertz CT molecular complexity index is 463. The van der Waals surface area contributed by atoms with Crippen LogP contribution in [0.15, 0.2) is 18.2 Å². The minimum absolute atomic E-state index is 0.0241. The molecule has 0 aliphatic carbocycles. The van der Waals surface area contributed by atoms with Gasteiger partial charge in [0.15, 0.2) is 0 Å². The summed E-state index contributed by atoms with van der Waals surface area (Å²) in [6.45, 7) is -0.109. The van der Waals surface area contributed by atoms with Crippen LogP contribution in [0.3, 0.4) is 0 Å². The highest BCUT2D eigenvalue weighted by molar-refractivity contribution is 5.92. The number of hydroxylamine groups is 2. The van der Waals surface area contributed by atoms with E-state index in [0.29, 0.717) is 0 Å². The molecule has 1 aromatic rings. The fourth-order valence-electron chi connectivity index (χ4n) is 1.35. The van der Waals surface area contributed by atoms with Crippen molar-refractivity contribution in [2.24, 2.45) is 0 Å². The zero-order valence-electron chi connectivity index (χ0n) is 10.4. The van der Waals surface area contributed by atoms with E-state index in [2.05, 4.69) is 5.32 Å². The zero-order chi connectivity index (χ0) is 14.6. The highest BCUT2D eigenvalue weighted by atomic mass is 19.4. The van der Waals surface area contributed by atoms with Crippen molar-refractivity contribution in [3.05, 3.63) is 23.8 Å². The number of carbonyl (C=O) groups excluding carboxylic acids is 1. The maximum atomic E-state index is 12.6. The topological polar surface area (TPSA) is 67.6 Å². The van der Waals surface area contributed by atoms with Crippen LogP contribution in [0.2, 0.25) is 0 Å². The lowest BCUT2D eigenvalue weighted by Gasteiger charge is -2.15. The van der Waals surface area contributed by atoms with Crippen molar-refractivity contribution >= 4 is 17.3 Å². The molecule has 0 fully saturated rings. The number of alkyl halides is 3. The number of amides is 1. The molecular weight excluding hydrogens is 263 g/mol. The second-order valence-corrected chi connectivity index (χ2v) is 3.82. The number of nitrogens with two attached hydrogens (primary N) is 1. The number of nitrogens with zero attached hydrogens (tertiary/aromatic N) is 1. The van der Waals surface area contributed by atoms with Gasteiger partial charge in [0.25, 0.3) is 0 Å². The van der Waals surface area contributed by atoms with Crippen LogP contribution in [0, 0.1) is 0 Å². The first kappa shape index (κ1) is 15.3. The summed E-state index contributed by atoms with van der Waals surface area (Å²) in [6.07, 6.45) is -4.56. The number of benzene rings is 1. The number of hydrogen-bond acceptors (Lipinski definition) is 4. The van der Waals surface area contributed by atoms with Gasteiger partial charge in [0.2, 0.25) is 5.91 Å². The number of likely N-dealkylation sites (N-methyl/N-ethyl adjacent to an activating group) is 1. The molecule has 0 saturated heterocycles. The Balaban J connectivity index is 2.83. The predicted molar refractivity (Wildman–Crippen MR) is 64.1 cm³/mol. The molecule has 0 aromatic heterocycles. The molecule has 0 aliphatic rings. The summed E-state index contributed by atoms with van der Waals surface area (Å²) in [4.78, 5) is 16.2. The summed E-state index contributed by atoms with van der Waals surface area (Å²) in [6, 6.07) is 3.19. The average molecular weight is 277 g/mol. The van der Waals surface area contributed by atoms with E-state index in [-0.39, 0.29) is 17.9 Å². The van der Waals surface area contributed by atoms with Crippen LogP contribution in [0.1, 0.15) is 5.56 Å². The number of nitrogens with one attached hydrogen (secondary N) is 1. The second-order valence-electron chi connectivity index (χ2n) is 3.82. The van der Waals surface area contributed by atoms with Gasteiger partial charge in [0.1, 0.15) is 6.54 Å². The third kappa shape index (κ3) is 4.42. The fourth-order valence-corrected chi connectivity index (χ4v) is 1.35. The zero-order valence-corrected chi connectivity index (χ0v) is 10.4. The fraction of sp³-hybridized carbons (Fsp3) is 0.364. The second kappa shape index (κ2) is 5.89. The Morgan fingerprint density at radius 3 is 2.63 bits per heavy atom. The van der Waals surface area contributed by atoms with Gasteiger partial charge in [0, 0.05) is 18.4 Å². The molecule has 5 nitrogen and oxygen atoms in total. The van der Waals surface area contributed by atoms with E-state index in [9.17, 15) is 18.0 Å². The Morgan fingerprint density at radius 2 is 2.11 bits per heavy atom. The monoisotopic (exact) mass is 277 g/mol. The molecule has 0 atom stereocenters. The number of nitrogen functional groups attached to an aromatic ring is 1. The molecule has 19 heavy (non-hydrogen) atoms. The summed E-state index contributed by atoms with van der Waals surface area (Å²) < 4.78 is 37.8. The van der Waals surface area contributed by atoms with Crippen molar-refractivity contribution in [1.29, 1.82) is 0 Å². The molecule has 3 N–H and O–H groups in total. The molecule has 8 heteroatoms. The van der Waals surface area contributed by atoms with Gasteiger partial charge in [-0.3, -0.25) is 4.79 Å². The predicted octanol–water partition coefficient (Wildman–Crippen LogP) is 1.72. The number of halogens is 3. The van der Waals surface area contributed by atoms with Crippen molar-refractivity contribution in [3.63, 3.8) is 0 Å². The van der Waals surface area contributed by atoms with E-state index in [4.69, 9.17) is 10.6 Å². The first-order valence-corrected chi connectivity index (χ1v) is 5.26. The molecule has 0 radical (unpaired) electrons. The first-order valence-electron chi connectivity index (χ1n) is 5.26. The van der Waals surface area contributed by atoms with Crippen LogP contribution in [0.25, 0.3) is 0 Å². The van der Waals surface area contributed by atoms with Gasteiger partial charge >= 0.3 is 6.18 Å². The molecule has 1 amide bonds. The van der Waals surface area contributed by atoms with Gasteiger partial charge in [-0.15, -0.1) is 0 Å². The lowest BCUT2D eigenvalue weighted by molar-refractivity contribution is -0.138. The molecule has 106 valence electrons. The van der Waals surface area contributed by atoms with E-state index in [1.807, 2.05) is 0 Å². The van der Waals surface area contributed by atoms with Crippen LogP contribution in [-0.4, -0.2) is 31.7 Å². The maximum absolute atomic E-state index is 12.6. The Kier molecular flexibility index (Phi) is 4.73. The van der Waals surface area contributed by atoms with Crippen LogP contribution < -0.4 is 11.1 Å². The van der Waals surface area contributed by atoms with Gasteiger partial charge in [-0.2, -0.15) is 18.2 Å². The molecular formula is C11H14F3N3O2. The Morgan fingerprint density at radius 1 is 1.47 bits per heavy atom. The minimum Gasteiger partial charge on any atom is -0.398 e. The number of hydrogen-bond donors (Lipinski definition) is 2. The molecule has 1 rings (SSSR count). The van der Waals surface area contributed by atoms with E-state index in [1.165, 1.54) is 25.3 Å². The lowest BCUT2D eigenvalue weighted by atomic mass is 10.1. The summed E-state index contributed by atoms with van der Waals surface area (Å²) in [7, 11) is 2.89. The molecule has 0 aliphatic heterocycles. The quantitative estimate of drug-likeness (QED) is 0.649. The van der Waals surface area contributed by atoms with Crippen molar-refractivity contribution in [1.82, 2.24) is 5.06 Å². The Labute approximate surface area is 108 Å². The largest absolute Gasteiger partial charge is 0.418 e. The molecule has 0 spiro atoms. The first-order chi connectivity index (χ1) is 8.74. The summed E-state index contributed by atoms with van der Waals surface area (Å²) in [5.41, 5.74) is 3.90. The van der Waals surface area contributed by atoms with Gasteiger partial charge in [-0.25, -0.2) is 0 Å². The van der Waals surface area contributed by atoms with Crippen molar-refractivity contribution in [2.75, 3.05) is 31.8 Å². The van der Waals surface area contributed by atoms with Crippen LogP contribution in [0.5, 0.6) is 0 Å². The van der Waals surface area contributed by atoms with Gasteiger partial charge < -0.3 is 15.9 Å². The van der Waals surface area contributed by atoms with Crippen molar-refractivity contribution < 1.29 is 22.8 Å². The minimum atomic E-state index is -4.56. The smallest absolute Gasteiger partial charge is 0.398 e. The van der Waals surface area contributed by atoms with E-state index in [0.717, 1.165) is 12.1 Å². The standard InChI is InChI=1S/C11H14F3N3O2/c1-17(19-2)6-10(18)16-7-3-4-9(15)8(5-7)11(12,13)14/h3-5H,6,15H2,1-2H3,(H,16,18). The summed E-state index contributed by atoms with van der Waals surface area (Å²) in [5.74, 6) is -0.498. The Hall–Kier alpha value is -1.80. The van der Waals surface area contributed by atoms with E-state index < -0.39 is 17.6 Å². The third-order valence-corrected chi connectivity index (χ3v) is 2.32. The molecule has 0 saturated carbocycles. The summed E-state index contributed by atoms with van der Waals surface area (Å²) in [5, 5.41) is 3.56. The van der Waals surface area contributed by atoms with Gasteiger partial charge in [-0.05, 0) is 18.2 Å². The van der Waals surface area contributed by atoms with Crippen molar-refractivity contribution in [3.8, 4) is 0 Å². The number of rotatable bonds is 4. The van der Waals surface area contributed by atoms with Gasteiger partial charge in [0.05, 0.1) is 12.7 Å². The van der Waals surface area contributed by atoms with Crippen LogP contribution >= 0.6 is 0 Å². The average Bonchev–Trinajstić information content (AvgIpc) is 2.29. The lowest BCUT2D eigenvalue weighted by Crippen LogP contribution is -2.29. The van der Waals surface area contributed by atoms with Crippen LogP contribution in [0.4, 0.5) is 24.5 Å². The van der Waals surface area contributed by atoms with E-state index >= 15 is 0 Å². The number of anilines is 2. The summed E-state index contributed by atoms with van der Waals surface area (Å²) >= 11 is 0. The van der Waals surface area contributed by atoms with Crippen molar-refractivity contribution in [2.45, 2.75) is 6.18 Å². The molecule has 0 bridgehead atoms. The highest BCUT2D eigenvalue weighted by Gasteiger charge is 2.33. The molecule has 0 heterocycles. The van der Waals surface area contributed by atoms with Crippen LogP contribution in [-0.2, 0) is 15.8 Å². The maximum Gasteiger partial charge on any atom is 0.418 e.